The minimum absolute atomic E-state index is 0.0264. The number of benzene rings is 1. The monoisotopic (exact) mass is 442 g/mol. The molecule has 1 aliphatic rings. The number of rotatable bonds is 8. The van der Waals surface area contributed by atoms with E-state index in [1.54, 1.807) is 45.0 Å². The van der Waals surface area contributed by atoms with Gasteiger partial charge in [-0.25, -0.2) is 4.79 Å². The van der Waals surface area contributed by atoms with Crippen molar-refractivity contribution in [1.82, 2.24) is 4.98 Å². The number of nitrogens with one attached hydrogen (secondary N) is 1. The van der Waals surface area contributed by atoms with E-state index in [9.17, 15) is 19.2 Å². The minimum Gasteiger partial charge on any atom is -0.495 e. The fourth-order valence-corrected chi connectivity index (χ4v) is 3.87. The predicted molar refractivity (Wildman–Crippen MR) is 115 cm³/mol. The van der Waals surface area contributed by atoms with Crippen LogP contribution in [-0.4, -0.2) is 55.5 Å². The second-order valence-electron chi connectivity index (χ2n) is 7.45. The van der Waals surface area contributed by atoms with E-state index in [2.05, 4.69) is 4.98 Å². The first-order chi connectivity index (χ1) is 15.3. The van der Waals surface area contributed by atoms with E-state index < -0.39 is 30.2 Å². The van der Waals surface area contributed by atoms with Gasteiger partial charge in [-0.2, -0.15) is 0 Å². The zero-order valence-corrected chi connectivity index (χ0v) is 18.5. The lowest BCUT2D eigenvalue weighted by molar-refractivity contribution is -0.147. The summed E-state index contributed by atoms with van der Waals surface area (Å²) in [6, 6.07) is 7.03. The minimum atomic E-state index is -0.709. The SMILES string of the molecule is CCOC(=O)c1c(C)[nH]c(C)c1C(=O)COC(=O)[C@H]1CC(=O)N(c2ccccc2OC)C1. The Labute approximate surface area is 185 Å². The maximum atomic E-state index is 12.8. The highest BCUT2D eigenvalue weighted by molar-refractivity contribution is 6.09. The molecule has 0 bridgehead atoms. The number of aryl methyl sites for hydroxylation is 2. The van der Waals surface area contributed by atoms with Gasteiger partial charge in [0.2, 0.25) is 11.7 Å². The van der Waals surface area contributed by atoms with Crippen molar-refractivity contribution in [2.75, 3.05) is 31.8 Å². The van der Waals surface area contributed by atoms with Crippen LogP contribution in [0.3, 0.4) is 0 Å². The Balaban J connectivity index is 1.67. The molecule has 9 heteroatoms. The van der Waals surface area contributed by atoms with Crippen molar-refractivity contribution in [2.24, 2.45) is 5.92 Å². The third-order valence-corrected chi connectivity index (χ3v) is 5.31. The van der Waals surface area contributed by atoms with E-state index in [1.807, 2.05) is 0 Å². The van der Waals surface area contributed by atoms with Crippen molar-refractivity contribution in [1.29, 1.82) is 0 Å². The van der Waals surface area contributed by atoms with Crippen molar-refractivity contribution in [3.05, 3.63) is 46.8 Å². The first kappa shape index (κ1) is 23.1. The van der Waals surface area contributed by atoms with E-state index in [-0.39, 0.29) is 36.6 Å². The van der Waals surface area contributed by atoms with Gasteiger partial charge >= 0.3 is 11.9 Å². The number of methoxy groups -OCH3 is 1. The number of nitrogens with zero attached hydrogens (tertiary/aromatic N) is 1. The molecule has 0 saturated carbocycles. The van der Waals surface area contributed by atoms with Crippen LogP contribution in [0.4, 0.5) is 5.69 Å². The smallest absolute Gasteiger partial charge is 0.340 e. The van der Waals surface area contributed by atoms with Gasteiger partial charge in [-0.05, 0) is 32.9 Å². The van der Waals surface area contributed by atoms with Gasteiger partial charge in [0.15, 0.2) is 6.61 Å². The molecule has 170 valence electrons. The van der Waals surface area contributed by atoms with Crippen LogP contribution >= 0.6 is 0 Å². The lowest BCUT2D eigenvalue weighted by Crippen LogP contribution is -2.27. The van der Waals surface area contributed by atoms with Crippen LogP contribution in [0.25, 0.3) is 0 Å². The van der Waals surface area contributed by atoms with Crippen LogP contribution in [0.15, 0.2) is 24.3 Å². The zero-order valence-electron chi connectivity index (χ0n) is 18.5. The topological polar surface area (TPSA) is 115 Å². The van der Waals surface area contributed by atoms with Crippen molar-refractivity contribution in [3.63, 3.8) is 0 Å². The van der Waals surface area contributed by atoms with E-state index in [4.69, 9.17) is 14.2 Å². The molecule has 1 aromatic carbocycles. The average molecular weight is 442 g/mol. The molecule has 0 radical (unpaired) electrons. The number of hydrogen-bond acceptors (Lipinski definition) is 7. The highest BCUT2D eigenvalue weighted by Crippen LogP contribution is 2.33. The third-order valence-electron chi connectivity index (χ3n) is 5.31. The van der Waals surface area contributed by atoms with Crippen LogP contribution in [0.5, 0.6) is 5.75 Å². The molecule has 32 heavy (non-hydrogen) atoms. The van der Waals surface area contributed by atoms with Crippen LogP contribution < -0.4 is 9.64 Å². The molecule has 9 nitrogen and oxygen atoms in total. The van der Waals surface area contributed by atoms with Gasteiger partial charge in [-0.3, -0.25) is 14.4 Å². The van der Waals surface area contributed by atoms with Gasteiger partial charge in [-0.1, -0.05) is 12.1 Å². The molecule has 0 unspecified atom stereocenters. The molecule has 1 atom stereocenters. The van der Waals surface area contributed by atoms with Crippen molar-refractivity contribution < 1.29 is 33.4 Å². The number of carbonyl (C=O) groups excluding carboxylic acids is 4. The van der Waals surface area contributed by atoms with Gasteiger partial charge in [-0.15, -0.1) is 0 Å². The molecule has 1 fully saturated rings. The zero-order chi connectivity index (χ0) is 23.4. The number of aromatic nitrogens is 1. The van der Waals surface area contributed by atoms with Crippen LogP contribution in [-0.2, 0) is 19.1 Å². The molecule has 2 aromatic rings. The summed E-state index contributed by atoms with van der Waals surface area (Å²) in [4.78, 5) is 54.5. The highest BCUT2D eigenvalue weighted by atomic mass is 16.5. The summed E-state index contributed by atoms with van der Waals surface area (Å²) in [6.45, 7) is 4.76. The van der Waals surface area contributed by atoms with Crippen molar-refractivity contribution in [2.45, 2.75) is 27.2 Å². The van der Waals surface area contributed by atoms with E-state index in [0.717, 1.165) is 0 Å². The first-order valence-corrected chi connectivity index (χ1v) is 10.3. The van der Waals surface area contributed by atoms with Gasteiger partial charge in [0.1, 0.15) is 5.75 Å². The summed E-state index contributed by atoms with van der Waals surface area (Å²) in [7, 11) is 1.51. The normalized spacial score (nSPS) is 15.6. The van der Waals surface area contributed by atoms with Crippen molar-refractivity contribution in [3.8, 4) is 5.75 Å². The molecule has 1 saturated heterocycles. The summed E-state index contributed by atoms with van der Waals surface area (Å²) in [5, 5.41) is 0. The number of ketones is 1. The number of aromatic amines is 1. The third kappa shape index (κ3) is 4.51. The number of amides is 1. The molecular weight excluding hydrogens is 416 g/mol. The Morgan fingerprint density at radius 1 is 1.09 bits per heavy atom. The summed E-state index contributed by atoms with van der Waals surface area (Å²) >= 11 is 0. The van der Waals surface area contributed by atoms with Crippen LogP contribution in [0.1, 0.15) is 45.4 Å². The second-order valence-corrected chi connectivity index (χ2v) is 7.45. The van der Waals surface area contributed by atoms with Gasteiger partial charge in [0.25, 0.3) is 0 Å². The number of anilines is 1. The number of hydrogen-bond donors (Lipinski definition) is 1. The quantitative estimate of drug-likeness (QED) is 0.494. The number of esters is 2. The Kier molecular flexibility index (Phi) is 6.97. The molecule has 1 aromatic heterocycles. The summed E-state index contributed by atoms with van der Waals surface area (Å²) in [5.74, 6) is -2.20. The summed E-state index contributed by atoms with van der Waals surface area (Å²) in [6.07, 6.45) is -0.0264. The molecule has 3 rings (SSSR count). The Morgan fingerprint density at radius 3 is 2.47 bits per heavy atom. The number of H-pyrrole nitrogens is 1. The van der Waals surface area contributed by atoms with E-state index in [0.29, 0.717) is 22.8 Å². The standard InChI is InChI=1S/C23H26N2O7/c1-5-31-23(29)21-14(3)24-13(2)20(21)17(26)12-32-22(28)15-10-19(27)25(11-15)16-8-6-7-9-18(16)30-4/h6-9,15,24H,5,10-12H2,1-4H3/t15-/m0/s1. The number of carbonyl (C=O) groups is 4. The number of Topliss-reactive ketones (excluding diaryl/α,β-unsaturated/α-hetero) is 1. The molecule has 2 heterocycles. The summed E-state index contributed by atoms with van der Waals surface area (Å²) < 4.78 is 15.6. The van der Waals surface area contributed by atoms with Gasteiger partial charge in [0.05, 0.1) is 36.4 Å². The number of para-hydroxylation sites is 2. The predicted octanol–water partition coefficient (Wildman–Crippen LogP) is 2.60. The van der Waals surface area contributed by atoms with Crippen LogP contribution in [0.2, 0.25) is 0 Å². The van der Waals surface area contributed by atoms with E-state index in [1.165, 1.54) is 12.0 Å². The summed E-state index contributed by atoms with van der Waals surface area (Å²) in [5.41, 5.74) is 1.86. The van der Waals surface area contributed by atoms with E-state index >= 15 is 0 Å². The largest absolute Gasteiger partial charge is 0.495 e. The second kappa shape index (κ2) is 9.67. The fraction of sp³-hybridized carbons (Fsp3) is 0.391. The molecular formula is C23H26N2O7. The lowest BCUT2D eigenvalue weighted by Gasteiger charge is -2.19. The fourth-order valence-electron chi connectivity index (χ4n) is 3.87. The Bertz CT molecular complexity index is 1060. The average Bonchev–Trinajstić information content (AvgIpc) is 3.30. The number of ether oxygens (including phenoxy) is 3. The van der Waals surface area contributed by atoms with Gasteiger partial charge < -0.3 is 24.1 Å². The molecule has 0 aliphatic carbocycles. The van der Waals surface area contributed by atoms with Crippen molar-refractivity contribution >= 4 is 29.3 Å². The van der Waals surface area contributed by atoms with Crippen LogP contribution in [0, 0.1) is 19.8 Å². The molecule has 0 spiro atoms. The van der Waals surface area contributed by atoms with Gasteiger partial charge in [0, 0.05) is 24.4 Å². The Hall–Kier alpha value is -3.62. The highest BCUT2D eigenvalue weighted by Gasteiger charge is 2.37. The maximum Gasteiger partial charge on any atom is 0.340 e. The molecule has 1 amide bonds. The lowest BCUT2D eigenvalue weighted by atomic mass is 10.0. The molecule has 1 N–H and O–H groups in total. The maximum absolute atomic E-state index is 12.8. The Morgan fingerprint density at radius 2 is 1.78 bits per heavy atom. The first-order valence-electron chi connectivity index (χ1n) is 10.3. The molecule has 1 aliphatic heterocycles.